The molecule has 2 heteroatoms. The average Bonchev–Trinajstić information content (AvgIpc) is 1.62. The molecule has 0 aromatic heterocycles. The standard InChI is InChI=1S/C70H75N.C67H69N.2CH4/c1-65(2,3)48-28-22-44(23-29-48)45-24-32-52(33-25-45)71(51-20-18-17-19-21-51)53-42-58(46-26-34-54-56-36-30-49(66(4,5)6)40-62(56)69(13,14)60(54)38-46)64(68(10,11)12)59(43-53)47-27-35-55-57-37-31-50(67(7,8)9)41-63(57)70(15,16)61(55)39-47;1-42-15-27-52(28-16-42)68(53-29-19-44(20-30-53)43-17-23-49(24-18-43)63(2,3)4)54-36-47(45-21-31-55-57-33-25-50(64(5,6)7)40-61(57)66(11,12)59(55)38-45)35-48(37-54)46-22-32-56-58-34-26-51(65(8,9)10)41-62(58)67(13,14)60(56)39-46;;/h17-43H,1-16H3;15-41H,1-14H3;2*1H4. The maximum Gasteiger partial charge on any atom is 0.0474 e. The summed E-state index contributed by atoms with van der Waals surface area (Å²) < 4.78 is 0. The van der Waals surface area contributed by atoms with Crippen molar-refractivity contribution in [2.24, 2.45) is 0 Å². The van der Waals surface area contributed by atoms with Crippen LogP contribution in [-0.4, -0.2) is 0 Å². The molecule has 0 saturated carbocycles. The number of hydrogen-bond acceptors (Lipinski definition) is 2. The Kier molecular flexibility index (Phi) is 25.0. The molecule has 0 saturated heterocycles. The lowest BCUT2D eigenvalue weighted by Gasteiger charge is -2.32. The van der Waals surface area contributed by atoms with Gasteiger partial charge in [0.1, 0.15) is 0 Å². The maximum atomic E-state index is 2.53. The zero-order valence-electron chi connectivity index (χ0n) is 88.6. The number of benzene rings is 16. The summed E-state index contributed by atoms with van der Waals surface area (Å²) in [5.74, 6) is 0. The van der Waals surface area contributed by atoms with Gasteiger partial charge in [-0.3, -0.25) is 0 Å². The van der Waals surface area contributed by atoms with Crippen molar-refractivity contribution in [2.75, 3.05) is 9.80 Å². The number of para-hydroxylation sites is 1. The molecule has 0 N–H and O–H groups in total. The van der Waals surface area contributed by atoms with Crippen LogP contribution >= 0.6 is 0 Å². The fourth-order valence-electron chi connectivity index (χ4n) is 22.7. The fourth-order valence-corrected chi connectivity index (χ4v) is 22.7. The van der Waals surface area contributed by atoms with Crippen molar-refractivity contribution in [3.05, 3.63) is 417 Å². The van der Waals surface area contributed by atoms with Crippen LogP contribution in [0.3, 0.4) is 0 Å². The van der Waals surface area contributed by atoms with Gasteiger partial charge in [0.05, 0.1) is 0 Å². The van der Waals surface area contributed by atoms with Crippen molar-refractivity contribution in [1.82, 2.24) is 0 Å². The van der Waals surface area contributed by atoms with Gasteiger partial charge in [0, 0.05) is 55.8 Å². The molecule has 4 aliphatic rings. The zero-order valence-corrected chi connectivity index (χ0v) is 88.6. The first-order valence-corrected chi connectivity index (χ1v) is 50.9. The topological polar surface area (TPSA) is 6.48 Å². The molecule has 141 heavy (non-hydrogen) atoms. The predicted octanol–water partition coefficient (Wildman–Crippen LogP) is 40.2. The van der Waals surface area contributed by atoms with E-state index in [-0.39, 0.29) is 74.4 Å². The number of anilines is 6. The lowest BCUT2D eigenvalue weighted by atomic mass is 9.75. The summed E-state index contributed by atoms with van der Waals surface area (Å²) in [6.45, 7) is 70.2. The van der Waals surface area contributed by atoms with Crippen molar-refractivity contribution in [2.45, 2.75) is 282 Å². The highest BCUT2D eigenvalue weighted by Gasteiger charge is 2.43. The molecule has 0 radical (unpaired) electrons. The SMILES string of the molecule is C.C.CC(C)(C)c1ccc(-c2ccc(N(c3ccccc3)c3cc(-c4ccc5c(c4)C(C)(C)c4cc(C(C)(C)C)ccc4-5)c(C(C)(C)C)c(-c4ccc5c(c4)C(C)(C)c4cc(C(C)(C)C)ccc4-5)c3)cc2)cc1.Cc1ccc(N(c2ccc(-c3ccc(C(C)(C)C)cc3)cc2)c2cc(-c3ccc4c(c3)C(C)(C)c3cc(C(C)(C)C)ccc3-4)cc(-c3ccc4c(c3)C(C)(C)c3cc(C(C)(C)C)ccc3-4)c2)cc1. The van der Waals surface area contributed by atoms with E-state index < -0.39 is 0 Å². The Morgan fingerprint density at radius 1 is 0.163 bits per heavy atom. The predicted molar refractivity (Wildman–Crippen MR) is 614 cm³/mol. The normalized spacial score (nSPS) is 14.4. The van der Waals surface area contributed by atoms with Crippen molar-refractivity contribution in [1.29, 1.82) is 0 Å². The molecule has 0 heterocycles. The Morgan fingerprint density at radius 3 is 0.645 bits per heavy atom. The summed E-state index contributed by atoms with van der Waals surface area (Å²) in [5, 5.41) is 0. The number of rotatable bonds is 12. The highest BCUT2D eigenvalue weighted by Crippen LogP contribution is 2.59. The largest absolute Gasteiger partial charge is 0.310 e. The van der Waals surface area contributed by atoms with Gasteiger partial charge in [-0.1, -0.05) is 446 Å². The Balaban J connectivity index is 0.000000192. The van der Waals surface area contributed by atoms with E-state index in [9.17, 15) is 0 Å². The van der Waals surface area contributed by atoms with Crippen LogP contribution in [0.5, 0.6) is 0 Å². The Bertz CT molecular complexity index is 7200. The summed E-state index contributed by atoms with van der Waals surface area (Å²) >= 11 is 0. The molecule has 16 aromatic carbocycles. The van der Waals surface area contributed by atoms with Gasteiger partial charge in [0.25, 0.3) is 0 Å². The minimum absolute atomic E-state index is 0. The quantitative estimate of drug-likeness (QED) is 0.120. The monoisotopic (exact) mass is 1850 g/mol. The lowest BCUT2D eigenvalue weighted by molar-refractivity contribution is 0.584. The Hall–Kier alpha value is -12.9. The van der Waals surface area contributed by atoms with Crippen LogP contribution in [0, 0.1) is 6.92 Å². The first kappa shape index (κ1) is 99.7. The van der Waals surface area contributed by atoms with E-state index in [1.54, 1.807) is 0 Å². The van der Waals surface area contributed by atoms with Crippen molar-refractivity contribution in [3.8, 4) is 111 Å². The minimum Gasteiger partial charge on any atom is -0.310 e. The van der Waals surface area contributed by atoms with Crippen molar-refractivity contribution >= 4 is 34.1 Å². The van der Waals surface area contributed by atoms with E-state index in [2.05, 4.69) is 545 Å². The smallest absolute Gasteiger partial charge is 0.0474 e. The maximum absolute atomic E-state index is 2.53. The molecule has 0 amide bonds. The second-order valence-corrected chi connectivity index (χ2v) is 50.1. The third-order valence-electron chi connectivity index (χ3n) is 31.5. The van der Waals surface area contributed by atoms with E-state index in [0.717, 1.165) is 34.1 Å². The summed E-state index contributed by atoms with van der Waals surface area (Å²) in [7, 11) is 0. The number of fused-ring (bicyclic) bond motifs is 12. The number of nitrogens with zero attached hydrogens (tertiary/aromatic N) is 2. The molecule has 0 atom stereocenters. The van der Waals surface area contributed by atoms with Gasteiger partial charge in [0.2, 0.25) is 0 Å². The molecular weight excluding hydrogens is 1700 g/mol. The molecule has 718 valence electrons. The molecule has 0 unspecified atom stereocenters. The van der Waals surface area contributed by atoms with Gasteiger partial charge < -0.3 is 9.80 Å². The minimum atomic E-state index is -0.205. The molecular formula is C139H152N2. The van der Waals surface area contributed by atoms with Crippen molar-refractivity contribution in [3.63, 3.8) is 0 Å². The van der Waals surface area contributed by atoms with Gasteiger partial charge in [-0.15, -0.1) is 0 Å². The molecule has 0 aliphatic heterocycles. The summed E-state index contributed by atoms with van der Waals surface area (Å²) in [6.07, 6.45) is 0. The molecule has 0 spiro atoms. The summed E-state index contributed by atoms with van der Waals surface area (Å²) in [6, 6.07) is 127. The van der Waals surface area contributed by atoms with E-state index in [0.29, 0.717) is 0 Å². The van der Waals surface area contributed by atoms with Crippen LogP contribution in [-0.2, 0) is 59.6 Å². The van der Waals surface area contributed by atoms with Crippen LogP contribution in [0.4, 0.5) is 34.1 Å². The van der Waals surface area contributed by atoms with E-state index in [1.165, 1.54) is 200 Å². The summed E-state index contributed by atoms with van der Waals surface area (Å²) in [4.78, 5) is 4.91. The summed E-state index contributed by atoms with van der Waals surface area (Å²) in [5.41, 5.74) is 54.0. The van der Waals surface area contributed by atoms with Crippen molar-refractivity contribution < 1.29 is 0 Å². The number of hydrogen-bond donors (Lipinski definition) is 0. The Morgan fingerprint density at radius 2 is 0.376 bits per heavy atom. The first-order chi connectivity index (χ1) is 65.2. The van der Waals surface area contributed by atoms with Gasteiger partial charge in [-0.05, 0) is 343 Å². The highest BCUT2D eigenvalue weighted by atomic mass is 15.1. The van der Waals surface area contributed by atoms with Crippen LogP contribution in [0.1, 0.15) is 305 Å². The molecule has 0 fully saturated rings. The molecule has 20 rings (SSSR count). The van der Waals surface area contributed by atoms with Crippen LogP contribution < -0.4 is 9.80 Å². The van der Waals surface area contributed by atoms with Gasteiger partial charge >= 0.3 is 0 Å². The van der Waals surface area contributed by atoms with E-state index in [4.69, 9.17) is 0 Å². The zero-order chi connectivity index (χ0) is 99.1. The first-order valence-electron chi connectivity index (χ1n) is 50.9. The molecule has 4 aliphatic carbocycles. The second-order valence-electron chi connectivity index (χ2n) is 50.1. The second kappa shape index (κ2) is 35.4. The third kappa shape index (κ3) is 18.2. The van der Waals surface area contributed by atoms with Gasteiger partial charge in [-0.2, -0.15) is 0 Å². The van der Waals surface area contributed by atoms with Gasteiger partial charge in [0.15, 0.2) is 0 Å². The average molecular weight is 1850 g/mol. The van der Waals surface area contributed by atoms with Crippen LogP contribution in [0.2, 0.25) is 0 Å². The van der Waals surface area contributed by atoms with E-state index in [1.807, 2.05) is 0 Å². The van der Waals surface area contributed by atoms with Crippen LogP contribution in [0.15, 0.2) is 328 Å². The molecule has 0 bridgehead atoms. The van der Waals surface area contributed by atoms with E-state index >= 15 is 0 Å². The highest BCUT2D eigenvalue weighted by molar-refractivity contribution is 5.96. The number of aryl methyl sites for hydroxylation is 1. The van der Waals surface area contributed by atoms with Gasteiger partial charge in [-0.25, -0.2) is 0 Å². The third-order valence-corrected chi connectivity index (χ3v) is 31.5. The van der Waals surface area contributed by atoms with Crippen LogP contribution in [0.25, 0.3) is 111 Å². The molecule has 16 aromatic rings. The Labute approximate surface area is 847 Å². The molecule has 2 nitrogen and oxygen atoms in total. The lowest BCUT2D eigenvalue weighted by Crippen LogP contribution is -2.19. The fraction of sp³-hybridized carbons (Fsp3) is 0.309.